The fourth-order valence-corrected chi connectivity index (χ4v) is 3.79. The summed E-state index contributed by atoms with van der Waals surface area (Å²) < 4.78 is 11.0. The molecule has 1 saturated heterocycles. The molecule has 1 aromatic carbocycles. The van der Waals surface area contributed by atoms with E-state index in [1.807, 2.05) is 24.3 Å². The van der Waals surface area contributed by atoms with Crippen LogP contribution in [0.1, 0.15) is 12.0 Å². The first kappa shape index (κ1) is 19.4. The van der Waals surface area contributed by atoms with Crippen molar-refractivity contribution in [1.82, 2.24) is 15.1 Å². The number of ether oxygens (including phenoxy) is 1. The number of hydrogen-bond acceptors (Lipinski definition) is 9. The number of hydrogen-bond donors (Lipinski definition) is 2. The normalized spacial score (nSPS) is 14.4. The van der Waals surface area contributed by atoms with E-state index in [0.717, 1.165) is 62.1 Å². The highest BCUT2D eigenvalue weighted by Gasteiger charge is 2.12. The molecule has 0 spiro atoms. The molecule has 150 valence electrons. The maximum Gasteiger partial charge on any atom is 0.320 e. The predicted molar refractivity (Wildman–Crippen MR) is 112 cm³/mol. The van der Waals surface area contributed by atoms with Gasteiger partial charge in [0, 0.05) is 36.4 Å². The van der Waals surface area contributed by atoms with Crippen LogP contribution in [0, 0.1) is 11.3 Å². The molecule has 9 heteroatoms. The number of thiophene rings is 1. The molecule has 0 atom stereocenters. The van der Waals surface area contributed by atoms with Gasteiger partial charge in [0.05, 0.1) is 23.7 Å². The lowest BCUT2D eigenvalue weighted by molar-refractivity contribution is 0.0378. The van der Waals surface area contributed by atoms with E-state index in [9.17, 15) is 0 Å². The zero-order valence-electron chi connectivity index (χ0n) is 15.9. The summed E-state index contributed by atoms with van der Waals surface area (Å²) in [6.07, 6.45) is 1.10. The number of anilines is 3. The van der Waals surface area contributed by atoms with Crippen LogP contribution in [0.25, 0.3) is 10.8 Å². The highest BCUT2D eigenvalue weighted by Crippen LogP contribution is 2.28. The van der Waals surface area contributed by atoms with Gasteiger partial charge in [0.1, 0.15) is 6.07 Å². The largest absolute Gasteiger partial charge is 0.402 e. The topological polar surface area (TPSA) is 99.2 Å². The molecule has 3 heterocycles. The van der Waals surface area contributed by atoms with E-state index >= 15 is 0 Å². The summed E-state index contributed by atoms with van der Waals surface area (Å²) in [4.78, 5) is 3.22. The summed E-state index contributed by atoms with van der Waals surface area (Å²) >= 11 is 1.40. The number of benzene rings is 1. The van der Waals surface area contributed by atoms with Crippen LogP contribution in [0.5, 0.6) is 0 Å². The molecular weight excluding hydrogens is 388 g/mol. The van der Waals surface area contributed by atoms with Crippen molar-refractivity contribution in [3.63, 3.8) is 0 Å². The molecule has 1 fully saturated rings. The number of aromatic nitrogens is 2. The minimum absolute atomic E-state index is 0.318. The van der Waals surface area contributed by atoms with E-state index in [1.54, 1.807) is 11.4 Å². The van der Waals surface area contributed by atoms with Gasteiger partial charge in [-0.3, -0.25) is 4.90 Å². The minimum Gasteiger partial charge on any atom is -0.402 e. The second kappa shape index (κ2) is 9.52. The number of nitriles is 1. The van der Waals surface area contributed by atoms with Gasteiger partial charge < -0.3 is 19.8 Å². The Balaban J connectivity index is 1.24. The van der Waals surface area contributed by atoms with Crippen molar-refractivity contribution in [2.75, 3.05) is 50.0 Å². The van der Waals surface area contributed by atoms with Crippen molar-refractivity contribution in [1.29, 1.82) is 5.26 Å². The molecule has 0 radical (unpaired) electrons. The van der Waals surface area contributed by atoms with Crippen molar-refractivity contribution in [3.05, 3.63) is 41.3 Å². The van der Waals surface area contributed by atoms with Crippen LogP contribution in [-0.4, -0.2) is 54.5 Å². The average molecular weight is 411 g/mol. The van der Waals surface area contributed by atoms with Gasteiger partial charge in [0.2, 0.25) is 0 Å². The number of nitrogens with zero attached hydrogens (tertiary/aromatic N) is 4. The van der Waals surface area contributed by atoms with Gasteiger partial charge in [-0.05, 0) is 43.3 Å². The highest BCUT2D eigenvalue weighted by atomic mass is 32.1. The SMILES string of the molecule is N#Cc1csc(-c2nnc(Nc3ccc(NCCCN4CCOCC4)cc3)o2)c1. The molecule has 2 aromatic heterocycles. The van der Waals surface area contributed by atoms with Crippen molar-refractivity contribution in [2.45, 2.75) is 6.42 Å². The minimum atomic E-state index is 0.318. The number of morpholine rings is 1. The molecule has 2 N–H and O–H groups in total. The maximum absolute atomic E-state index is 8.91. The Hall–Kier alpha value is -2.93. The average Bonchev–Trinajstić information content (AvgIpc) is 3.42. The van der Waals surface area contributed by atoms with Crippen LogP contribution < -0.4 is 10.6 Å². The predicted octanol–water partition coefficient (Wildman–Crippen LogP) is 3.55. The van der Waals surface area contributed by atoms with Gasteiger partial charge in [0.15, 0.2) is 0 Å². The zero-order chi connectivity index (χ0) is 19.9. The molecular formula is C20H22N6O2S. The lowest BCUT2D eigenvalue weighted by Gasteiger charge is -2.26. The standard InChI is InChI=1S/C20H22N6O2S/c21-13-15-12-18(29-14-15)19-24-25-20(28-19)23-17-4-2-16(3-5-17)22-6-1-7-26-8-10-27-11-9-26/h2-5,12,14,22H,1,6-11H2,(H,23,25). The Morgan fingerprint density at radius 3 is 2.69 bits per heavy atom. The zero-order valence-corrected chi connectivity index (χ0v) is 16.7. The van der Waals surface area contributed by atoms with Crippen LogP contribution in [0.3, 0.4) is 0 Å². The van der Waals surface area contributed by atoms with Crippen LogP contribution in [0.15, 0.2) is 40.1 Å². The summed E-state index contributed by atoms with van der Waals surface area (Å²) in [5.74, 6) is 0.401. The lowest BCUT2D eigenvalue weighted by Crippen LogP contribution is -2.37. The Morgan fingerprint density at radius 1 is 1.14 bits per heavy atom. The van der Waals surface area contributed by atoms with Crippen molar-refractivity contribution in [2.24, 2.45) is 0 Å². The first-order valence-electron chi connectivity index (χ1n) is 9.54. The Bertz CT molecular complexity index is 956. The van der Waals surface area contributed by atoms with Gasteiger partial charge in [-0.15, -0.1) is 16.4 Å². The molecule has 3 aromatic rings. The smallest absolute Gasteiger partial charge is 0.320 e. The third-order valence-corrected chi connectivity index (χ3v) is 5.50. The van der Waals surface area contributed by atoms with Gasteiger partial charge in [-0.25, -0.2) is 0 Å². The molecule has 4 rings (SSSR count). The molecule has 0 amide bonds. The van der Waals surface area contributed by atoms with Crippen molar-refractivity contribution in [3.8, 4) is 16.8 Å². The molecule has 0 unspecified atom stereocenters. The van der Waals surface area contributed by atoms with Crippen LogP contribution in [0.4, 0.5) is 17.4 Å². The van der Waals surface area contributed by atoms with Gasteiger partial charge >= 0.3 is 6.01 Å². The van der Waals surface area contributed by atoms with Crippen molar-refractivity contribution < 1.29 is 9.15 Å². The van der Waals surface area contributed by atoms with E-state index in [-0.39, 0.29) is 0 Å². The molecule has 0 saturated carbocycles. The van der Waals surface area contributed by atoms with Gasteiger partial charge in [0.25, 0.3) is 5.89 Å². The summed E-state index contributed by atoms with van der Waals surface area (Å²) in [5, 5.41) is 25.3. The van der Waals surface area contributed by atoms with E-state index in [2.05, 4.69) is 31.8 Å². The van der Waals surface area contributed by atoms with E-state index in [0.29, 0.717) is 17.5 Å². The van der Waals surface area contributed by atoms with Crippen LogP contribution >= 0.6 is 11.3 Å². The summed E-state index contributed by atoms with van der Waals surface area (Å²) in [6.45, 7) is 5.78. The summed E-state index contributed by atoms with van der Waals surface area (Å²) in [6, 6.07) is 12.1. The van der Waals surface area contributed by atoms with E-state index in [1.165, 1.54) is 11.3 Å². The van der Waals surface area contributed by atoms with E-state index < -0.39 is 0 Å². The summed E-state index contributed by atoms with van der Waals surface area (Å²) in [5.41, 5.74) is 2.53. The molecule has 29 heavy (non-hydrogen) atoms. The molecule has 8 nitrogen and oxygen atoms in total. The third-order valence-electron chi connectivity index (χ3n) is 4.58. The van der Waals surface area contributed by atoms with Crippen molar-refractivity contribution >= 4 is 28.7 Å². The van der Waals surface area contributed by atoms with Gasteiger partial charge in [-0.1, -0.05) is 5.10 Å². The highest BCUT2D eigenvalue weighted by molar-refractivity contribution is 7.13. The number of nitrogens with one attached hydrogen (secondary N) is 2. The first-order valence-corrected chi connectivity index (χ1v) is 10.4. The van der Waals surface area contributed by atoms with Crippen LogP contribution in [-0.2, 0) is 4.74 Å². The third kappa shape index (κ3) is 5.32. The molecule has 0 bridgehead atoms. The Morgan fingerprint density at radius 2 is 1.93 bits per heavy atom. The fourth-order valence-electron chi connectivity index (χ4n) is 3.04. The number of rotatable bonds is 8. The monoisotopic (exact) mass is 410 g/mol. The molecule has 0 aliphatic carbocycles. The maximum atomic E-state index is 8.91. The van der Waals surface area contributed by atoms with Gasteiger partial charge in [-0.2, -0.15) is 5.26 Å². The Kier molecular flexibility index (Phi) is 6.36. The lowest BCUT2D eigenvalue weighted by atomic mass is 10.2. The van der Waals surface area contributed by atoms with Crippen LogP contribution in [0.2, 0.25) is 0 Å². The molecule has 1 aliphatic heterocycles. The molecule has 1 aliphatic rings. The second-order valence-corrected chi connectivity index (χ2v) is 7.57. The fraction of sp³-hybridized carbons (Fsp3) is 0.350. The quantitative estimate of drug-likeness (QED) is 0.544. The summed E-state index contributed by atoms with van der Waals surface area (Å²) in [7, 11) is 0. The Labute approximate surface area is 173 Å². The second-order valence-electron chi connectivity index (χ2n) is 6.66. The van der Waals surface area contributed by atoms with E-state index in [4.69, 9.17) is 14.4 Å². The first-order chi connectivity index (χ1) is 14.3.